The molecule has 1 saturated carbocycles. The van der Waals surface area contributed by atoms with Crippen molar-refractivity contribution in [3.05, 3.63) is 29.1 Å². The van der Waals surface area contributed by atoms with Gasteiger partial charge in [0.2, 0.25) is 0 Å². The van der Waals surface area contributed by atoms with E-state index in [-0.39, 0.29) is 11.8 Å². The van der Waals surface area contributed by atoms with Crippen LogP contribution in [0.1, 0.15) is 55.0 Å². The number of aliphatic carboxylic acids is 1. The molecular formula is C15H21NO2. The third-order valence-electron chi connectivity index (χ3n) is 3.85. The third kappa shape index (κ3) is 2.89. The summed E-state index contributed by atoms with van der Waals surface area (Å²) in [4.78, 5) is 15.9. The van der Waals surface area contributed by atoms with Gasteiger partial charge >= 0.3 is 5.97 Å². The van der Waals surface area contributed by atoms with Crippen LogP contribution >= 0.6 is 0 Å². The molecule has 0 spiro atoms. The van der Waals surface area contributed by atoms with Crippen LogP contribution in [0.15, 0.2) is 12.1 Å². The summed E-state index contributed by atoms with van der Waals surface area (Å²) in [6.45, 7) is 3.85. The Bertz CT molecular complexity index is 416. The zero-order chi connectivity index (χ0) is 13.1. The molecule has 1 aliphatic rings. The molecule has 1 unspecified atom stereocenters. The quantitative estimate of drug-likeness (QED) is 0.890. The predicted molar refractivity (Wildman–Crippen MR) is 70.7 cm³/mol. The molecule has 3 heteroatoms. The fourth-order valence-corrected chi connectivity index (χ4v) is 3.13. The summed E-state index contributed by atoms with van der Waals surface area (Å²) in [6, 6.07) is 3.86. The first kappa shape index (κ1) is 13.1. The smallest absolute Gasteiger partial charge is 0.311 e. The second-order valence-corrected chi connectivity index (χ2v) is 5.40. The number of aryl methyl sites for hydroxylation is 2. The molecule has 0 saturated heterocycles. The Morgan fingerprint density at radius 2 is 1.78 bits per heavy atom. The number of hydrogen-bond acceptors (Lipinski definition) is 2. The Hall–Kier alpha value is -1.38. The molecule has 1 atom stereocenters. The average Bonchev–Trinajstić information content (AvgIpc) is 2.28. The normalized spacial score (nSPS) is 18.6. The van der Waals surface area contributed by atoms with Gasteiger partial charge in [-0.3, -0.25) is 9.78 Å². The van der Waals surface area contributed by atoms with E-state index in [4.69, 9.17) is 0 Å². The van der Waals surface area contributed by atoms with Crippen molar-refractivity contribution in [1.29, 1.82) is 0 Å². The molecule has 0 aliphatic heterocycles. The number of carbonyl (C=O) groups is 1. The van der Waals surface area contributed by atoms with Gasteiger partial charge in [0, 0.05) is 11.4 Å². The van der Waals surface area contributed by atoms with Crippen LogP contribution in [0.25, 0.3) is 0 Å². The van der Waals surface area contributed by atoms with E-state index in [1.807, 2.05) is 26.0 Å². The van der Waals surface area contributed by atoms with E-state index < -0.39 is 5.97 Å². The minimum Gasteiger partial charge on any atom is -0.481 e. The largest absolute Gasteiger partial charge is 0.481 e. The lowest BCUT2D eigenvalue weighted by molar-refractivity contribution is -0.140. The van der Waals surface area contributed by atoms with E-state index in [0.29, 0.717) is 0 Å². The van der Waals surface area contributed by atoms with Crippen molar-refractivity contribution in [1.82, 2.24) is 4.98 Å². The number of hydrogen-bond donors (Lipinski definition) is 1. The molecule has 3 nitrogen and oxygen atoms in total. The van der Waals surface area contributed by atoms with Crippen LogP contribution in [0.5, 0.6) is 0 Å². The molecule has 1 heterocycles. The molecule has 0 radical (unpaired) electrons. The van der Waals surface area contributed by atoms with Gasteiger partial charge in [0.1, 0.15) is 0 Å². The monoisotopic (exact) mass is 247 g/mol. The zero-order valence-corrected chi connectivity index (χ0v) is 11.1. The van der Waals surface area contributed by atoms with Crippen LogP contribution in [0.3, 0.4) is 0 Å². The number of rotatable bonds is 3. The highest BCUT2D eigenvalue weighted by Gasteiger charge is 2.31. The highest BCUT2D eigenvalue weighted by molar-refractivity contribution is 5.76. The standard InChI is InChI=1S/C15H21NO2/c1-10-8-13(9-11(2)16-10)14(15(17)18)12-6-4-3-5-7-12/h8-9,12,14H,3-7H2,1-2H3,(H,17,18). The van der Waals surface area contributed by atoms with E-state index in [1.165, 1.54) is 6.42 Å². The average molecular weight is 247 g/mol. The molecule has 1 N–H and O–H groups in total. The van der Waals surface area contributed by atoms with E-state index in [0.717, 1.165) is 42.6 Å². The minimum absolute atomic E-state index is 0.289. The number of carboxylic acid groups (broad SMARTS) is 1. The van der Waals surface area contributed by atoms with Crippen LogP contribution < -0.4 is 0 Å². The Labute approximate surface area is 108 Å². The number of aromatic nitrogens is 1. The zero-order valence-electron chi connectivity index (χ0n) is 11.1. The summed E-state index contributed by atoms with van der Waals surface area (Å²) in [6.07, 6.45) is 5.65. The maximum Gasteiger partial charge on any atom is 0.311 e. The van der Waals surface area contributed by atoms with Crippen molar-refractivity contribution in [2.45, 2.75) is 51.9 Å². The summed E-state index contributed by atoms with van der Waals surface area (Å²) in [7, 11) is 0. The van der Waals surface area contributed by atoms with Crippen molar-refractivity contribution >= 4 is 5.97 Å². The Kier molecular flexibility index (Phi) is 4.00. The second-order valence-electron chi connectivity index (χ2n) is 5.40. The molecule has 1 aromatic heterocycles. The van der Waals surface area contributed by atoms with Crippen LogP contribution in [0.4, 0.5) is 0 Å². The number of nitrogens with zero attached hydrogens (tertiary/aromatic N) is 1. The number of pyridine rings is 1. The Morgan fingerprint density at radius 1 is 1.22 bits per heavy atom. The summed E-state index contributed by atoms with van der Waals surface area (Å²) in [5.74, 6) is -0.755. The Morgan fingerprint density at radius 3 is 2.28 bits per heavy atom. The first-order valence-corrected chi connectivity index (χ1v) is 6.76. The topological polar surface area (TPSA) is 50.2 Å². The highest BCUT2D eigenvalue weighted by Crippen LogP contribution is 2.36. The van der Waals surface area contributed by atoms with E-state index in [2.05, 4.69) is 4.98 Å². The predicted octanol–water partition coefficient (Wildman–Crippen LogP) is 3.45. The van der Waals surface area contributed by atoms with Gasteiger partial charge in [0.25, 0.3) is 0 Å². The summed E-state index contributed by atoms with van der Waals surface area (Å²) in [5, 5.41) is 9.54. The van der Waals surface area contributed by atoms with Crippen molar-refractivity contribution in [2.24, 2.45) is 5.92 Å². The van der Waals surface area contributed by atoms with E-state index in [1.54, 1.807) is 0 Å². The summed E-state index contributed by atoms with van der Waals surface area (Å²) < 4.78 is 0. The molecule has 2 rings (SSSR count). The maximum absolute atomic E-state index is 11.6. The Balaban J connectivity index is 2.31. The SMILES string of the molecule is Cc1cc(C(C(=O)O)C2CCCCC2)cc(C)n1. The summed E-state index contributed by atoms with van der Waals surface area (Å²) in [5.41, 5.74) is 2.75. The van der Waals surface area contributed by atoms with E-state index >= 15 is 0 Å². The molecule has 18 heavy (non-hydrogen) atoms. The van der Waals surface area contributed by atoms with Gasteiger partial charge in [-0.05, 0) is 50.3 Å². The fraction of sp³-hybridized carbons (Fsp3) is 0.600. The fourth-order valence-electron chi connectivity index (χ4n) is 3.13. The lowest BCUT2D eigenvalue weighted by Gasteiger charge is -2.28. The van der Waals surface area contributed by atoms with Gasteiger partial charge in [0.05, 0.1) is 5.92 Å². The van der Waals surface area contributed by atoms with Crippen LogP contribution in [0, 0.1) is 19.8 Å². The molecule has 1 aliphatic carbocycles. The van der Waals surface area contributed by atoms with Gasteiger partial charge in [0.15, 0.2) is 0 Å². The molecule has 1 aromatic rings. The van der Waals surface area contributed by atoms with Gasteiger partial charge in [-0.2, -0.15) is 0 Å². The van der Waals surface area contributed by atoms with Crippen molar-refractivity contribution in [3.63, 3.8) is 0 Å². The van der Waals surface area contributed by atoms with Gasteiger partial charge in [-0.15, -0.1) is 0 Å². The van der Waals surface area contributed by atoms with Crippen LogP contribution in [-0.4, -0.2) is 16.1 Å². The lowest BCUT2D eigenvalue weighted by Crippen LogP contribution is -2.24. The lowest BCUT2D eigenvalue weighted by atomic mass is 9.77. The van der Waals surface area contributed by atoms with Crippen molar-refractivity contribution in [2.75, 3.05) is 0 Å². The van der Waals surface area contributed by atoms with E-state index in [9.17, 15) is 9.90 Å². The highest BCUT2D eigenvalue weighted by atomic mass is 16.4. The molecule has 0 amide bonds. The maximum atomic E-state index is 11.6. The van der Waals surface area contributed by atoms with Gasteiger partial charge < -0.3 is 5.11 Å². The minimum atomic E-state index is -0.688. The first-order chi connectivity index (χ1) is 8.58. The van der Waals surface area contributed by atoms with Gasteiger partial charge in [-0.25, -0.2) is 0 Å². The molecule has 0 aromatic carbocycles. The third-order valence-corrected chi connectivity index (χ3v) is 3.85. The summed E-state index contributed by atoms with van der Waals surface area (Å²) >= 11 is 0. The van der Waals surface area contributed by atoms with Crippen molar-refractivity contribution < 1.29 is 9.90 Å². The van der Waals surface area contributed by atoms with Gasteiger partial charge in [-0.1, -0.05) is 19.3 Å². The molecule has 1 fully saturated rings. The van der Waals surface area contributed by atoms with Crippen LogP contribution in [-0.2, 0) is 4.79 Å². The first-order valence-electron chi connectivity index (χ1n) is 6.76. The van der Waals surface area contributed by atoms with Crippen LogP contribution in [0.2, 0.25) is 0 Å². The molecule has 98 valence electrons. The number of carboxylic acids is 1. The van der Waals surface area contributed by atoms with Crippen molar-refractivity contribution in [3.8, 4) is 0 Å². The molecule has 0 bridgehead atoms. The second kappa shape index (κ2) is 5.51. The molecular weight excluding hydrogens is 226 g/mol.